The van der Waals surface area contributed by atoms with Crippen molar-refractivity contribution in [1.82, 2.24) is 20.3 Å². The third-order valence-electron chi connectivity index (χ3n) is 3.63. The van der Waals surface area contributed by atoms with Crippen molar-refractivity contribution >= 4 is 45.6 Å². The van der Waals surface area contributed by atoms with E-state index in [-0.39, 0.29) is 5.91 Å². The van der Waals surface area contributed by atoms with E-state index in [0.29, 0.717) is 21.8 Å². The third kappa shape index (κ3) is 3.40. The van der Waals surface area contributed by atoms with Gasteiger partial charge in [-0.05, 0) is 41.6 Å². The zero-order chi connectivity index (χ0) is 17.9. The van der Waals surface area contributed by atoms with E-state index in [1.165, 1.54) is 25.2 Å². The summed E-state index contributed by atoms with van der Waals surface area (Å²) in [4.78, 5) is 29.4. The summed E-state index contributed by atoms with van der Waals surface area (Å²) in [5.41, 5.74) is 1.84. The van der Waals surface area contributed by atoms with E-state index in [1.54, 1.807) is 12.3 Å². The number of pyridine rings is 1. The molecule has 128 valence electrons. The lowest BCUT2D eigenvalue weighted by Gasteiger charge is -1.99. The predicted molar refractivity (Wildman–Crippen MR) is 101 cm³/mol. The lowest BCUT2D eigenvalue weighted by Crippen LogP contribution is -2.19. The minimum atomic E-state index is -0.193. The molecule has 3 heterocycles. The maximum atomic E-state index is 12.2. The van der Waals surface area contributed by atoms with Crippen LogP contribution in [0.3, 0.4) is 0 Å². The topological polar surface area (TPSA) is 89.4 Å². The molecule has 0 radical (unpaired) electrons. The highest BCUT2D eigenvalue weighted by atomic mass is 32.2. The highest BCUT2D eigenvalue weighted by molar-refractivity contribution is 8.18. The number of amides is 1. The minimum Gasteiger partial charge on any atom is -0.481 e. The van der Waals surface area contributed by atoms with Crippen LogP contribution in [0.15, 0.2) is 58.8 Å². The number of aliphatic imine (C=N–C) groups is 1. The normalized spacial score (nSPS) is 17.0. The Hall–Kier alpha value is -3.26. The Balaban J connectivity index is 1.60. The van der Waals surface area contributed by atoms with Gasteiger partial charge in [0.2, 0.25) is 5.88 Å². The number of aromatic nitrogens is 3. The zero-order valence-corrected chi connectivity index (χ0v) is 14.5. The molecule has 1 aliphatic heterocycles. The molecule has 8 heteroatoms. The Morgan fingerprint density at radius 3 is 3.00 bits per heavy atom. The van der Waals surface area contributed by atoms with Crippen LogP contribution in [0.1, 0.15) is 5.56 Å². The molecule has 1 saturated heterocycles. The van der Waals surface area contributed by atoms with Gasteiger partial charge in [-0.2, -0.15) is 0 Å². The van der Waals surface area contributed by atoms with Crippen LogP contribution in [0.2, 0.25) is 0 Å². The van der Waals surface area contributed by atoms with Gasteiger partial charge >= 0.3 is 0 Å². The molecule has 4 rings (SSSR count). The summed E-state index contributed by atoms with van der Waals surface area (Å²) in [6.45, 7) is 0. The highest BCUT2D eigenvalue weighted by Crippen LogP contribution is 2.28. The van der Waals surface area contributed by atoms with E-state index in [2.05, 4.69) is 25.3 Å². The van der Waals surface area contributed by atoms with Gasteiger partial charge in [-0.15, -0.1) is 0 Å². The van der Waals surface area contributed by atoms with Crippen LogP contribution < -0.4 is 10.1 Å². The van der Waals surface area contributed by atoms with Gasteiger partial charge in [0.15, 0.2) is 11.0 Å². The van der Waals surface area contributed by atoms with Gasteiger partial charge in [-0.25, -0.2) is 15.0 Å². The number of rotatable bonds is 3. The Bertz CT molecular complexity index is 1060. The number of methoxy groups -OCH3 is 1. The van der Waals surface area contributed by atoms with Crippen LogP contribution >= 0.6 is 11.8 Å². The van der Waals surface area contributed by atoms with Crippen molar-refractivity contribution in [2.45, 2.75) is 0 Å². The number of hydrogen-bond acceptors (Lipinski definition) is 7. The number of thioether (sulfide) groups is 1. The molecule has 1 amide bonds. The number of ether oxygens (including phenoxy) is 1. The monoisotopic (exact) mass is 363 g/mol. The summed E-state index contributed by atoms with van der Waals surface area (Å²) < 4.78 is 5.04. The maximum Gasteiger partial charge on any atom is 0.264 e. The average Bonchev–Trinajstić information content (AvgIpc) is 3.00. The van der Waals surface area contributed by atoms with Crippen molar-refractivity contribution in [3.63, 3.8) is 0 Å². The molecule has 3 aromatic rings. The number of fused-ring (bicyclic) bond motifs is 1. The van der Waals surface area contributed by atoms with Crippen LogP contribution in [0.4, 0.5) is 5.82 Å². The summed E-state index contributed by atoms with van der Waals surface area (Å²) in [6, 6.07) is 11.3. The number of nitrogens with one attached hydrogen (secondary N) is 1. The minimum absolute atomic E-state index is 0.193. The first-order valence-corrected chi connectivity index (χ1v) is 8.53. The zero-order valence-electron chi connectivity index (χ0n) is 13.7. The number of carbonyl (C=O) groups excluding carboxylic acids is 1. The smallest absolute Gasteiger partial charge is 0.264 e. The quantitative estimate of drug-likeness (QED) is 0.720. The van der Waals surface area contributed by atoms with Crippen molar-refractivity contribution in [3.05, 3.63) is 59.4 Å². The Labute approximate surface area is 153 Å². The average molecular weight is 363 g/mol. The number of benzene rings is 1. The summed E-state index contributed by atoms with van der Waals surface area (Å²) in [7, 11) is 1.52. The second-order valence-corrected chi connectivity index (χ2v) is 6.39. The summed E-state index contributed by atoms with van der Waals surface area (Å²) in [5, 5.41) is 4.22. The van der Waals surface area contributed by atoms with Crippen molar-refractivity contribution in [2.24, 2.45) is 4.99 Å². The fourth-order valence-electron chi connectivity index (χ4n) is 2.42. The van der Waals surface area contributed by atoms with E-state index in [0.717, 1.165) is 16.5 Å². The lowest BCUT2D eigenvalue weighted by molar-refractivity contribution is -0.115. The lowest BCUT2D eigenvalue weighted by atomic mass is 10.1. The van der Waals surface area contributed by atoms with E-state index in [9.17, 15) is 4.79 Å². The summed E-state index contributed by atoms with van der Waals surface area (Å²) in [6.07, 6.45) is 4.95. The Morgan fingerprint density at radius 1 is 1.19 bits per heavy atom. The van der Waals surface area contributed by atoms with Crippen LogP contribution in [0.25, 0.3) is 17.0 Å². The molecule has 1 N–H and O–H groups in total. The molecule has 0 spiro atoms. The van der Waals surface area contributed by atoms with E-state index in [1.807, 2.05) is 36.4 Å². The molecule has 0 bridgehead atoms. The molecule has 2 aromatic heterocycles. The Kier molecular flexibility index (Phi) is 4.32. The van der Waals surface area contributed by atoms with Crippen LogP contribution in [0, 0.1) is 0 Å². The van der Waals surface area contributed by atoms with Crippen molar-refractivity contribution in [2.75, 3.05) is 7.11 Å². The molecule has 0 atom stereocenters. The predicted octanol–water partition coefficient (Wildman–Crippen LogP) is 2.93. The first-order valence-electron chi connectivity index (χ1n) is 7.72. The van der Waals surface area contributed by atoms with Gasteiger partial charge in [-0.1, -0.05) is 12.1 Å². The van der Waals surface area contributed by atoms with Crippen molar-refractivity contribution in [1.29, 1.82) is 0 Å². The SMILES string of the molecule is COc1cc(/N=C2\NC(=O)/C(=C\c3ccc4ncccc4c3)S2)ncn1. The molecule has 0 aliphatic carbocycles. The van der Waals surface area contributed by atoms with Gasteiger partial charge in [0.25, 0.3) is 5.91 Å². The first-order chi connectivity index (χ1) is 12.7. The molecule has 1 aromatic carbocycles. The Morgan fingerprint density at radius 2 is 2.12 bits per heavy atom. The molecule has 0 saturated carbocycles. The molecular formula is C18H13N5O2S. The molecule has 7 nitrogen and oxygen atoms in total. The van der Waals surface area contributed by atoms with Gasteiger partial charge < -0.3 is 10.1 Å². The van der Waals surface area contributed by atoms with Crippen molar-refractivity contribution < 1.29 is 9.53 Å². The third-order valence-corrected chi connectivity index (χ3v) is 4.54. The summed E-state index contributed by atoms with van der Waals surface area (Å²) >= 11 is 1.26. The van der Waals surface area contributed by atoms with Crippen LogP contribution in [-0.2, 0) is 4.79 Å². The highest BCUT2D eigenvalue weighted by Gasteiger charge is 2.24. The standard InChI is InChI=1S/C18H13N5O2S/c1-25-16-9-15(20-10-21-16)22-18-23-17(24)14(26-18)8-11-4-5-13-12(7-11)3-2-6-19-13/h2-10H,1H3,(H,20,21,22,23,24)/b14-8+. The van der Waals surface area contributed by atoms with E-state index in [4.69, 9.17) is 4.74 Å². The molecule has 26 heavy (non-hydrogen) atoms. The number of amidine groups is 1. The molecule has 1 fully saturated rings. The fraction of sp³-hybridized carbons (Fsp3) is 0.0556. The number of carbonyl (C=O) groups is 1. The molecular weight excluding hydrogens is 350 g/mol. The second kappa shape index (κ2) is 6.93. The molecule has 0 unspecified atom stereocenters. The largest absolute Gasteiger partial charge is 0.481 e. The number of nitrogens with zero attached hydrogens (tertiary/aromatic N) is 4. The van der Waals surface area contributed by atoms with Gasteiger partial charge in [0.1, 0.15) is 6.33 Å². The number of hydrogen-bond donors (Lipinski definition) is 1. The second-order valence-electron chi connectivity index (χ2n) is 5.36. The van der Waals surface area contributed by atoms with Gasteiger partial charge in [-0.3, -0.25) is 9.78 Å². The maximum absolute atomic E-state index is 12.2. The summed E-state index contributed by atoms with van der Waals surface area (Å²) in [5.74, 6) is 0.632. The first kappa shape index (κ1) is 16.2. The van der Waals surface area contributed by atoms with Crippen LogP contribution in [-0.4, -0.2) is 33.1 Å². The van der Waals surface area contributed by atoms with Gasteiger partial charge in [0.05, 0.1) is 17.5 Å². The fourth-order valence-corrected chi connectivity index (χ4v) is 3.25. The van der Waals surface area contributed by atoms with Crippen molar-refractivity contribution in [3.8, 4) is 5.88 Å². The van der Waals surface area contributed by atoms with E-state index < -0.39 is 0 Å². The van der Waals surface area contributed by atoms with E-state index >= 15 is 0 Å². The molecule has 1 aliphatic rings. The van der Waals surface area contributed by atoms with Gasteiger partial charge in [0, 0.05) is 17.6 Å². The van der Waals surface area contributed by atoms with Crippen LogP contribution in [0.5, 0.6) is 5.88 Å².